The molecule has 2 rings (SSSR count). The third-order valence-electron chi connectivity index (χ3n) is 3.91. The van der Waals surface area contributed by atoms with Gasteiger partial charge < -0.3 is 10.1 Å². The number of hydrogen-bond donors (Lipinski definition) is 1. The summed E-state index contributed by atoms with van der Waals surface area (Å²) in [5.41, 5.74) is 0.801. The summed E-state index contributed by atoms with van der Waals surface area (Å²) in [6.45, 7) is 3.21. The quantitative estimate of drug-likeness (QED) is 0.572. The third-order valence-corrected chi connectivity index (χ3v) is 6.08. The van der Waals surface area contributed by atoms with Gasteiger partial charge in [-0.05, 0) is 37.6 Å². The molecule has 0 aliphatic heterocycles. The summed E-state index contributed by atoms with van der Waals surface area (Å²) < 4.78 is 29.3. The van der Waals surface area contributed by atoms with E-state index < -0.39 is 20.0 Å². The van der Waals surface area contributed by atoms with E-state index in [1.165, 1.54) is 37.4 Å². The number of nitro groups is 1. The first kappa shape index (κ1) is 20.4. The number of rotatable bonds is 7. The summed E-state index contributed by atoms with van der Waals surface area (Å²) >= 11 is 0. The number of nitrogens with one attached hydrogen (secondary N) is 1. The van der Waals surface area contributed by atoms with Crippen molar-refractivity contribution in [2.24, 2.45) is 0 Å². The molecule has 0 fully saturated rings. The minimum absolute atomic E-state index is 0.0160. The van der Waals surface area contributed by atoms with E-state index in [9.17, 15) is 23.3 Å². The summed E-state index contributed by atoms with van der Waals surface area (Å²) in [7, 11) is -2.01. The molecule has 0 heterocycles. The van der Waals surface area contributed by atoms with Crippen LogP contribution >= 0.6 is 0 Å². The number of carbonyl (C=O) groups is 1. The molecule has 0 aliphatic carbocycles. The highest BCUT2D eigenvalue weighted by atomic mass is 32.2. The van der Waals surface area contributed by atoms with Gasteiger partial charge in [0.05, 0.1) is 40.4 Å². The Kier molecular flexibility index (Phi) is 6.17. The van der Waals surface area contributed by atoms with E-state index in [4.69, 9.17) is 4.74 Å². The summed E-state index contributed by atoms with van der Waals surface area (Å²) in [5, 5.41) is 12.9. The highest BCUT2D eigenvalue weighted by Gasteiger charge is 2.19. The van der Waals surface area contributed by atoms with Crippen molar-refractivity contribution in [3.8, 4) is 5.75 Å². The molecule has 9 heteroatoms. The fourth-order valence-corrected chi connectivity index (χ4v) is 3.41. The minimum atomic E-state index is -3.36. The zero-order valence-electron chi connectivity index (χ0n) is 15.1. The van der Waals surface area contributed by atoms with Crippen LogP contribution in [0.25, 0.3) is 0 Å². The predicted octanol–water partition coefficient (Wildman–Crippen LogP) is 2.97. The monoisotopic (exact) mass is 392 g/mol. The van der Waals surface area contributed by atoms with Crippen molar-refractivity contribution in [2.75, 3.05) is 12.4 Å². The van der Waals surface area contributed by atoms with Crippen LogP contribution in [0.15, 0.2) is 47.4 Å². The zero-order chi connectivity index (χ0) is 20.2. The fourth-order valence-electron chi connectivity index (χ4n) is 2.35. The summed E-state index contributed by atoms with van der Waals surface area (Å²) in [4.78, 5) is 22.7. The summed E-state index contributed by atoms with van der Waals surface area (Å²) in [5.74, 6) is -0.183. The van der Waals surface area contributed by atoms with Crippen LogP contribution in [0.1, 0.15) is 19.4 Å². The van der Waals surface area contributed by atoms with E-state index in [1.54, 1.807) is 26.0 Å². The molecule has 0 saturated carbocycles. The second-order valence-electron chi connectivity index (χ2n) is 6.10. The maximum atomic E-state index is 12.2. The van der Waals surface area contributed by atoms with Gasteiger partial charge in [-0.15, -0.1) is 0 Å². The first-order chi connectivity index (χ1) is 12.6. The van der Waals surface area contributed by atoms with Crippen LogP contribution in [-0.2, 0) is 21.1 Å². The van der Waals surface area contributed by atoms with Gasteiger partial charge in [0.1, 0.15) is 5.75 Å². The van der Waals surface area contributed by atoms with Crippen LogP contribution in [0.3, 0.4) is 0 Å². The maximum Gasteiger partial charge on any atom is 0.273 e. The number of hydrogen-bond acceptors (Lipinski definition) is 6. The van der Waals surface area contributed by atoms with Crippen LogP contribution < -0.4 is 10.1 Å². The fraction of sp³-hybridized carbons (Fsp3) is 0.278. The number of carbonyl (C=O) groups excluding carboxylic acids is 1. The molecule has 27 heavy (non-hydrogen) atoms. The topological polar surface area (TPSA) is 116 Å². The largest absolute Gasteiger partial charge is 0.494 e. The van der Waals surface area contributed by atoms with Crippen molar-refractivity contribution in [3.63, 3.8) is 0 Å². The Morgan fingerprint density at radius 3 is 2.33 bits per heavy atom. The number of amides is 1. The Bertz CT molecular complexity index is 952. The number of methoxy groups -OCH3 is 1. The molecule has 0 atom stereocenters. The lowest BCUT2D eigenvalue weighted by Gasteiger charge is -2.11. The van der Waals surface area contributed by atoms with E-state index in [0.717, 1.165) is 0 Å². The van der Waals surface area contributed by atoms with Crippen molar-refractivity contribution in [2.45, 2.75) is 30.4 Å². The maximum absolute atomic E-state index is 12.2. The second kappa shape index (κ2) is 8.17. The number of benzene rings is 2. The molecule has 2 aromatic carbocycles. The summed E-state index contributed by atoms with van der Waals surface area (Å²) in [6.07, 6.45) is 0.0160. The molecular formula is C18H20N2O6S. The number of nitrogens with zero attached hydrogens (tertiary/aromatic N) is 1. The lowest BCUT2D eigenvalue weighted by Crippen LogP contribution is -2.16. The molecule has 0 spiro atoms. The molecule has 0 radical (unpaired) electrons. The molecule has 144 valence electrons. The van der Waals surface area contributed by atoms with Gasteiger partial charge >= 0.3 is 0 Å². The molecule has 1 amide bonds. The second-order valence-corrected chi connectivity index (χ2v) is 8.61. The molecule has 8 nitrogen and oxygen atoms in total. The Hall–Kier alpha value is -2.94. The molecule has 0 aromatic heterocycles. The van der Waals surface area contributed by atoms with Gasteiger partial charge in [0, 0.05) is 6.07 Å². The standard InChI is InChI=1S/C18H20N2O6S/c1-12(2)27(24,25)15-7-4-13(5-8-15)10-18(21)19-16-9-6-14(20(22)23)11-17(16)26-3/h4-9,11-12H,10H2,1-3H3,(H,19,21). The lowest BCUT2D eigenvalue weighted by molar-refractivity contribution is -0.384. The summed E-state index contributed by atoms with van der Waals surface area (Å²) in [6, 6.07) is 10.0. The first-order valence-corrected chi connectivity index (χ1v) is 9.65. The molecule has 0 unspecified atom stereocenters. The Morgan fingerprint density at radius 1 is 1.19 bits per heavy atom. The van der Waals surface area contributed by atoms with Crippen molar-refractivity contribution in [1.82, 2.24) is 0 Å². The van der Waals surface area contributed by atoms with E-state index in [2.05, 4.69) is 5.32 Å². The minimum Gasteiger partial charge on any atom is -0.494 e. The first-order valence-electron chi connectivity index (χ1n) is 8.10. The van der Waals surface area contributed by atoms with Crippen LogP contribution in [0, 0.1) is 10.1 Å². The van der Waals surface area contributed by atoms with Gasteiger partial charge in [-0.2, -0.15) is 0 Å². The number of ether oxygens (including phenoxy) is 1. The highest BCUT2D eigenvalue weighted by molar-refractivity contribution is 7.92. The Labute approximate surface area is 157 Å². The van der Waals surface area contributed by atoms with Gasteiger partial charge in [-0.3, -0.25) is 14.9 Å². The number of anilines is 1. The average Bonchev–Trinajstić information content (AvgIpc) is 2.62. The van der Waals surface area contributed by atoms with E-state index in [1.807, 2.05) is 0 Å². The van der Waals surface area contributed by atoms with Crippen LogP contribution in [0.4, 0.5) is 11.4 Å². The average molecular weight is 392 g/mol. The predicted molar refractivity (Wildman–Crippen MR) is 101 cm³/mol. The molecule has 0 bridgehead atoms. The van der Waals surface area contributed by atoms with Gasteiger partial charge in [0.15, 0.2) is 9.84 Å². The zero-order valence-corrected chi connectivity index (χ0v) is 15.9. The normalized spacial score (nSPS) is 11.3. The van der Waals surface area contributed by atoms with Gasteiger partial charge in [-0.25, -0.2) is 8.42 Å². The smallest absolute Gasteiger partial charge is 0.273 e. The number of nitro benzene ring substituents is 1. The number of non-ortho nitro benzene ring substituents is 1. The van der Waals surface area contributed by atoms with Gasteiger partial charge in [-0.1, -0.05) is 12.1 Å². The van der Waals surface area contributed by atoms with Crippen molar-refractivity contribution >= 4 is 27.1 Å². The van der Waals surface area contributed by atoms with E-state index in [-0.39, 0.29) is 28.7 Å². The third kappa shape index (κ3) is 4.82. The van der Waals surface area contributed by atoms with E-state index >= 15 is 0 Å². The molecule has 2 aromatic rings. The Balaban J connectivity index is 2.11. The molecular weight excluding hydrogens is 372 g/mol. The van der Waals surface area contributed by atoms with Crippen molar-refractivity contribution in [3.05, 3.63) is 58.1 Å². The van der Waals surface area contributed by atoms with Crippen molar-refractivity contribution in [1.29, 1.82) is 0 Å². The Morgan fingerprint density at radius 2 is 1.81 bits per heavy atom. The molecule has 0 aliphatic rings. The SMILES string of the molecule is COc1cc([N+](=O)[O-])ccc1NC(=O)Cc1ccc(S(=O)(=O)C(C)C)cc1. The molecule has 1 N–H and O–H groups in total. The van der Waals surface area contributed by atoms with Crippen LogP contribution in [0.5, 0.6) is 5.75 Å². The number of sulfone groups is 1. The molecule has 0 saturated heterocycles. The highest BCUT2D eigenvalue weighted by Crippen LogP contribution is 2.29. The lowest BCUT2D eigenvalue weighted by atomic mass is 10.1. The van der Waals surface area contributed by atoms with Crippen LogP contribution in [0.2, 0.25) is 0 Å². The van der Waals surface area contributed by atoms with Crippen LogP contribution in [-0.4, -0.2) is 31.6 Å². The van der Waals surface area contributed by atoms with Gasteiger partial charge in [0.25, 0.3) is 5.69 Å². The van der Waals surface area contributed by atoms with E-state index in [0.29, 0.717) is 11.3 Å². The van der Waals surface area contributed by atoms with Gasteiger partial charge in [0.2, 0.25) is 5.91 Å². The van der Waals surface area contributed by atoms with Crippen molar-refractivity contribution < 1.29 is 22.9 Å².